The minimum absolute atomic E-state index is 0.0210. The van der Waals surface area contributed by atoms with Gasteiger partial charge in [-0.25, -0.2) is 0 Å². The average molecular weight is 318 g/mol. The van der Waals surface area contributed by atoms with Gasteiger partial charge in [0.1, 0.15) is 5.75 Å². The minimum Gasteiger partial charge on any atom is -0.482 e. The zero-order valence-corrected chi connectivity index (χ0v) is 13.4. The number of aliphatic hydroxyl groups excluding tert-OH is 1. The van der Waals surface area contributed by atoms with Crippen molar-refractivity contribution in [3.05, 3.63) is 28.8 Å². The molecule has 0 saturated heterocycles. The number of thioether (sulfide) groups is 1. The van der Waals surface area contributed by atoms with Crippen molar-refractivity contribution >= 4 is 29.3 Å². The molecule has 2 unspecified atom stereocenters. The summed E-state index contributed by atoms with van der Waals surface area (Å²) >= 11 is 7.50. The van der Waals surface area contributed by atoms with Crippen molar-refractivity contribution < 1.29 is 14.6 Å². The van der Waals surface area contributed by atoms with Gasteiger partial charge in [-0.05, 0) is 37.8 Å². The molecule has 0 aromatic heterocycles. The third-order valence-electron chi connectivity index (χ3n) is 2.87. The van der Waals surface area contributed by atoms with Gasteiger partial charge in [0.05, 0.1) is 11.6 Å². The van der Waals surface area contributed by atoms with Crippen LogP contribution in [-0.4, -0.2) is 41.8 Å². The summed E-state index contributed by atoms with van der Waals surface area (Å²) in [6.07, 6.45) is 1.90. The number of ether oxygens (including phenoxy) is 1. The number of carbonyl (C=O) groups excluding carboxylic acids is 1. The maximum absolute atomic E-state index is 11.8. The molecule has 20 heavy (non-hydrogen) atoms. The Kier molecular flexibility index (Phi) is 7.19. The SMILES string of the molecule is CSC(CO)C(C)NC(=O)COc1cc(C)ccc1Cl. The molecule has 0 fully saturated rings. The molecule has 0 heterocycles. The van der Waals surface area contributed by atoms with Crippen LogP contribution < -0.4 is 10.1 Å². The van der Waals surface area contributed by atoms with E-state index in [1.54, 1.807) is 12.1 Å². The van der Waals surface area contributed by atoms with Crippen LogP contribution in [0.5, 0.6) is 5.75 Å². The molecule has 0 bridgehead atoms. The van der Waals surface area contributed by atoms with E-state index in [1.165, 1.54) is 11.8 Å². The lowest BCUT2D eigenvalue weighted by Crippen LogP contribution is -2.43. The lowest BCUT2D eigenvalue weighted by Gasteiger charge is -2.21. The summed E-state index contributed by atoms with van der Waals surface area (Å²) in [5.74, 6) is 0.264. The molecule has 0 saturated carbocycles. The Balaban J connectivity index is 2.49. The van der Waals surface area contributed by atoms with Crippen LogP contribution in [0.25, 0.3) is 0 Å². The van der Waals surface area contributed by atoms with Crippen LogP contribution in [0.4, 0.5) is 0 Å². The van der Waals surface area contributed by atoms with Crippen LogP contribution in [0, 0.1) is 6.92 Å². The van der Waals surface area contributed by atoms with E-state index in [1.807, 2.05) is 26.2 Å². The van der Waals surface area contributed by atoms with Crippen LogP contribution in [-0.2, 0) is 4.79 Å². The van der Waals surface area contributed by atoms with Gasteiger partial charge in [0, 0.05) is 11.3 Å². The van der Waals surface area contributed by atoms with Crippen molar-refractivity contribution in [3.63, 3.8) is 0 Å². The average Bonchev–Trinajstić information content (AvgIpc) is 2.41. The number of halogens is 1. The van der Waals surface area contributed by atoms with Gasteiger partial charge in [0.15, 0.2) is 6.61 Å². The first-order chi connectivity index (χ1) is 9.47. The second-order valence-corrected chi connectivity index (χ2v) is 6.02. The van der Waals surface area contributed by atoms with Crippen LogP contribution >= 0.6 is 23.4 Å². The van der Waals surface area contributed by atoms with Crippen LogP contribution in [0.1, 0.15) is 12.5 Å². The van der Waals surface area contributed by atoms with Gasteiger partial charge >= 0.3 is 0 Å². The molecule has 2 atom stereocenters. The first kappa shape index (κ1) is 17.1. The molecule has 112 valence electrons. The first-order valence-corrected chi connectivity index (χ1v) is 7.96. The standard InChI is InChI=1S/C14H20ClNO3S/c1-9-4-5-11(15)12(6-9)19-8-14(18)16-10(2)13(7-17)20-3/h4-6,10,13,17H,7-8H2,1-3H3,(H,16,18). The third kappa shape index (κ3) is 5.23. The molecule has 0 radical (unpaired) electrons. The molecule has 4 nitrogen and oxygen atoms in total. The number of carbonyl (C=O) groups is 1. The van der Waals surface area contributed by atoms with Gasteiger partial charge < -0.3 is 15.2 Å². The third-order valence-corrected chi connectivity index (χ3v) is 4.35. The molecule has 1 amide bonds. The first-order valence-electron chi connectivity index (χ1n) is 6.30. The molecule has 1 rings (SSSR count). The fourth-order valence-electron chi connectivity index (χ4n) is 1.69. The molecule has 0 aliphatic rings. The molecular weight excluding hydrogens is 298 g/mol. The summed E-state index contributed by atoms with van der Waals surface area (Å²) in [6, 6.07) is 5.28. The number of aryl methyl sites for hydroxylation is 1. The maximum Gasteiger partial charge on any atom is 0.258 e. The topological polar surface area (TPSA) is 58.6 Å². The Morgan fingerprint density at radius 3 is 2.85 bits per heavy atom. The molecular formula is C14H20ClNO3S. The second-order valence-electron chi connectivity index (χ2n) is 4.54. The normalized spacial score (nSPS) is 13.7. The van der Waals surface area contributed by atoms with Crippen molar-refractivity contribution in [3.8, 4) is 5.75 Å². The Morgan fingerprint density at radius 1 is 1.55 bits per heavy atom. The molecule has 1 aromatic rings. The van der Waals surface area contributed by atoms with E-state index in [2.05, 4.69) is 5.32 Å². The van der Waals surface area contributed by atoms with Crippen molar-refractivity contribution in [2.24, 2.45) is 0 Å². The summed E-state index contributed by atoms with van der Waals surface area (Å²) in [4.78, 5) is 11.8. The van der Waals surface area contributed by atoms with Gasteiger partial charge in [-0.3, -0.25) is 4.79 Å². The maximum atomic E-state index is 11.8. The largest absolute Gasteiger partial charge is 0.482 e. The van der Waals surface area contributed by atoms with Crippen molar-refractivity contribution in [1.29, 1.82) is 0 Å². The Morgan fingerprint density at radius 2 is 2.25 bits per heavy atom. The lowest BCUT2D eigenvalue weighted by atomic mass is 10.2. The zero-order chi connectivity index (χ0) is 15.1. The van der Waals surface area contributed by atoms with E-state index in [0.29, 0.717) is 10.8 Å². The van der Waals surface area contributed by atoms with Crippen LogP contribution in [0.15, 0.2) is 18.2 Å². The molecule has 2 N–H and O–H groups in total. The molecule has 1 aromatic carbocycles. The number of nitrogens with one attached hydrogen (secondary N) is 1. The zero-order valence-electron chi connectivity index (χ0n) is 11.9. The van der Waals surface area contributed by atoms with Crippen LogP contribution in [0.3, 0.4) is 0 Å². The number of amides is 1. The summed E-state index contributed by atoms with van der Waals surface area (Å²) in [5.41, 5.74) is 1.01. The molecule has 0 spiro atoms. The number of rotatable bonds is 7. The van der Waals surface area contributed by atoms with Crippen LogP contribution in [0.2, 0.25) is 5.02 Å². The fourth-order valence-corrected chi connectivity index (χ4v) is 2.49. The summed E-state index contributed by atoms with van der Waals surface area (Å²) in [6.45, 7) is 3.71. The number of hydrogen-bond donors (Lipinski definition) is 2. The molecule has 0 aliphatic carbocycles. The van der Waals surface area contributed by atoms with E-state index in [0.717, 1.165) is 5.56 Å². The smallest absolute Gasteiger partial charge is 0.258 e. The Bertz CT molecular complexity index is 452. The van der Waals surface area contributed by atoms with Gasteiger partial charge in [-0.15, -0.1) is 0 Å². The fraction of sp³-hybridized carbons (Fsp3) is 0.500. The highest BCUT2D eigenvalue weighted by atomic mass is 35.5. The lowest BCUT2D eigenvalue weighted by molar-refractivity contribution is -0.123. The predicted octanol–water partition coefficient (Wildman–Crippen LogP) is 2.26. The minimum atomic E-state index is -0.234. The number of hydrogen-bond acceptors (Lipinski definition) is 4. The highest BCUT2D eigenvalue weighted by Crippen LogP contribution is 2.25. The van der Waals surface area contributed by atoms with E-state index in [9.17, 15) is 4.79 Å². The van der Waals surface area contributed by atoms with Gasteiger partial charge in [-0.2, -0.15) is 11.8 Å². The highest BCUT2D eigenvalue weighted by molar-refractivity contribution is 7.99. The van der Waals surface area contributed by atoms with Gasteiger partial charge in [-0.1, -0.05) is 17.7 Å². The molecule has 6 heteroatoms. The quantitative estimate of drug-likeness (QED) is 0.810. The Labute approximate surface area is 128 Å². The summed E-state index contributed by atoms with van der Waals surface area (Å²) in [5, 5.41) is 12.4. The highest BCUT2D eigenvalue weighted by Gasteiger charge is 2.17. The number of benzene rings is 1. The van der Waals surface area contributed by atoms with E-state index in [-0.39, 0.29) is 30.4 Å². The summed E-state index contributed by atoms with van der Waals surface area (Å²) in [7, 11) is 0. The number of aliphatic hydroxyl groups is 1. The van der Waals surface area contributed by atoms with Crippen molar-refractivity contribution in [2.75, 3.05) is 19.5 Å². The van der Waals surface area contributed by atoms with Gasteiger partial charge in [0.25, 0.3) is 5.91 Å². The van der Waals surface area contributed by atoms with E-state index in [4.69, 9.17) is 21.4 Å². The van der Waals surface area contributed by atoms with Gasteiger partial charge in [0.2, 0.25) is 0 Å². The monoisotopic (exact) mass is 317 g/mol. The van der Waals surface area contributed by atoms with E-state index >= 15 is 0 Å². The predicted molar refractivity (Wildman–Crippen MR) is 83.7 cm³/mol. The van der Waals surface area contributed by atoms with E-state index < -0.39 is 0 Å². The Hall–Kier alpha value is -0.910. The summed E-state index contributed by atoms with van der Waals surface area (Å²) < 4.78 is 5.41. The molecule has 0 aliphatic heterocycles. The van der Waals surface area contributed by atoms with Crippen molar-refractivity contribution in [2.45, 2.75) is 25.1 Å². The second kappa shape index (κ2) is 8.39. The van der Waals surface area contributed by atoms with Crippen molar-refractivity contribution in [1.82, 2.24) is 5.32 Å².